The number of nitrogens with one attached hydrogen (secondary N) is 1. The lowest BCUT2D eigenvalue weighted by atomic mass is 9.92. The lowest BCUT2D eigenvalue weighted by Gasteiger charge is -2.24. The van der Waals surface area contributed by atoms with E-state index in [2.05, 4.69) is 20.4 Å². The van der Waals surface area contributed by atoms with Crippen LogP contribution in [0.1, 0.15) is 53.1 Å². The van der Waals surface area contributed by atoms with E-state index in [1.165, 1.54) is 61.1 Å². The van der Waals surface area contributed by atoms with Gasteiger partial charge in [0.25, 0.3) is 5.56 Å². The predicted molar refractivity (Wildman–Crippen MR) is 147 cm³/mol. The van der Waals surface area contributed by atoms with Crippen molar-refractivity contribution in [2.24, 2.45) is 7.05 Å². The van der Waals surface area contributed by atoms with Gasteiger partial charge in [-0.15, -0.1) is 0 Å². The summed E-state index contributed by atoms with van der Waals surface area (Å²) in [7, 11) is 4.31. The molecule has 0 aliphatic heterocycles. The molecule has 1 unspecified atom stereocenters. The first-order valence-corrected chi connectivity index (χ1v) is 12.6. The van der Waals surface area contributed by atoms with E-state index in [9.17, 15) is 19.1 Å². The minimum absolute atomic E-state index is 0.0419. The second-order valence-electron chi connectivity index (χ2n) is 9.01. The summed E-state index contributed by atoms with van der Waals surface area (Å²) in [5.41, 5.74) is 0.915. The van der Waals surface area contributed by atoms with Crippen LogP contribution in [0.5, 0.6) is 11.9 Å². The number of carboxylic acid groups (broad SMARTS) is 1. The van der Waals surface area contributed by atoms with E-state index < -0.39 is 23.4 Å². The average Bonchev–Trinajstić information content (AvgIpc) is 3.32. The topological polar surface area (TPSA) is 133 Å². The molecule has 0 aliphatic carbocycles. The molecule has 1 aromatic carbocycles. The first kappa shape index (κ1) is 28.8. The Labute approximate surface area is 238 Å². The van der Waals surface area contributed by atoms with E-state index in [1.54, 1.807) is 6.07 Å². The van der Waals surface area contributed by atoms with Crippen molar-refractivity contribution < 1.29 is 23.8 Å². The number of rotatable bonds is 9. The maximum absolute atomic E-state index is 14.7. The number of carboxylic acids is 1. The second kappa shape index (κ2) is 11.5. The Morgan fingerprint density at radius 3 is 2.45 bits per heavy atom. The van der Waals surface area contributed by atoms with Gasteiger partial charge in [0.15, 0.2) is 5.69 Å². The molecule has 0 amide bonds. The van der Waals surface area contributed by atoms with Gasteiger partial charge >= 0.3 is 12.0 Å². The van der Waals surface area contributed by atoms with Gasteiger partial charge in [-0.1, -0.05) is 43.1 Å². The molecule has 0 fully saturated rings. The zero-order valence-electron chi connectivity index (χ0n) is 22.1. The Morgan fingerprint density at radius 2 is 1.88 bits per heavy atom. The molecule has 11 nitrogen and oxygen atoms in total. The molecule has 3 aromatic heterocycles. The van der Waals surface area contributed by atoms with Crippen LogP contribution in [0, 0.1) is 5.82 Å². The standard InChI is InChI=1S/C26H25Cl2FN6O5/c1-12(2)22-19(21(25(37)38)33-35(22)18-10-30-26(40-5)32-23(18)39-4)20(13-6-7-15(27)17(29)8-13)31-14-9-16(28)24(36)34(3)11-14/h6-12,20,31H,1-5H3,(H,37,38). The highest BCUT2D eigenvalue weighted by molar-refractivity contribution is 6.31. The number of carbonyl (C=O) groups is 1. The third-order valence-corrected chi connectivity index (χ3v) is 6.62. The minimum atomic E-state index is -1.33. The number of anilines is 1. The van der Waals surface area contributed by atoms with Crippen molar-refractivity contribution in [1.82, 2.24) is 24.3 Å². The van der Waals surface area contributed by atoms with E-state index in [0.29, 0.717) is 16.9 Å². The van der Waals surface area contributed by atoms with Crippen molar-refractivity contribution in [1.29, 1.82) is 0 Å². The number of nitrogens with zero attached hydrogens (tertiary/aromatic N) is 5. The summed E-state index contributed by atoms with van der Waals surface area (Å²) in [6, 6.07) is 4.60. The van der Waals surface area contributed by atoms with Gasteiger partial charge < -0.3 is 24.5 Å². The van der Waals surface area contributed by atoms with Crippen LogP contribution in [-0.2, 0) is 7.05 Å². The molecule has 2 N–H and O–H groups in total. The van der Waals surface area contributed by atoms with Crippen molar-refractivity contribution in [3.05, 3.63) is 85.4 Å². The van der Waals surface area contributed by atoms with E-state index in [4.69, 9.17) is 32.7 Å². The molecule has 40 heavy (non-hydrogen) atoms. The minimum Gasteiger partial charge on any atom is -0.479 e. The summed E-state index contributed by atoms with van der Waals surface area (Å²) < 4.78 is 27.9. The zero-order valence-corrected chi connectivity index (χ0v) is 23.6. The molecule has 3 heterocycles. The molecule has 4 rings (SSSR count). The molecule has 0 spiro atoms. The molecular formula is C26H25Cl2FN6O5. The third kappa shape index (κ3) is 5.45. The Bertz CT molecular complexity index is 1630. The molecular weight excluding hydrogens is 566 g/mol. The van der Waals surface area contributed by atoms with E-state index in [-0.39, 0.29) is 44.8 Å². The van der Waals surface area contributed by atoms with Gasteiger partial charge in [-0.05, 0) is 29.7 Å². The summed E-state index contributed by atoms with van der Waals surface area (Å²) in [5.74, 6) is -2.26. The molecule has 0 bridgehead atoms. The normalized spacial score (nSPS) is 11.9. The highest BCUT2D eigenvalue weighted by Crippen LogP contribution is 2.38. The number of hydrogen-bond acceptors (Lipinski definition) is 8. The number of ether oxygens (including phenoxy) is 2. The molecule has 4 aromatic rings. The summed E-state index contributed by atoms with van der Waals surface area (Å²) in [6.45, 7) is 3.70. The summed E-state index contributed by atoms with van der Waals surface area (Å²) in [4.78, 5) is 33.1. The van der Waals surface area contributed by atoms with Crippen LogP contribution in [0.2, 0.25) is 10.0 Å². The van der Waals surface area contributed by atoms with Gasteiger partial charge in [-0.2, -0.15) is 10.1 Å². The molecule has 0 aliphatic rings. The first-order valence-electron chi connectivity index (χ1n) is 11.9. The lowest BCUT2D eigenvalue weighted by molar-refractivity contribution is 0.0688. The number of aryl methyl sites for hydroxylation is 1. The fourth-order valence-electron chi connectivity index (χ4n) is 4.29. The number of aromatic nitrogens is 5. The number of halogens is 3. The van der Waals surface area contributed by atoms with Gasteiger partial charge in [-0.3, -0.25) is 4.79 Å². The van der Waals surface area contributed by atoms with E-state index in [0.717, 1.165) is 0 Å². The number of benzene rings is 1. The fourth-order valence-corrected chi connectivity index (χ4v) is 4.66. The maximum Gasteiger partial charge on any atom is 0.356 e. The lowest BCUT2D eigenvalue weighted by Crippen LogP contribution is -2.21. The Hall–Kier alpha value is -4.16. The van der Waals surface area contributed by atoms with E-state index >= 15 is 0 Å². The molecule has 0 saturated heterocycles. The highest BCUT2D eigenvalue weighted by Gasteiger charge is 2.33. The van der Waals surface area contributed by atoms with Crippen molar-refractivity contribution in [2.75, 3.05) is 19.5 Å². The summed E-state index contributed by atoms with van der Waals surface area (Å²) >= 11 is 12.1. The monoisotopic (exact) mass is 590 g/mol. The smallest absolute Gasteiger partial charge is 0.356 e. The number of methoxy groups -OCH3 is 2. The first-order chi connectivity index (χ1) is 19.0. The van der Waals surface area contributed by atoms with Crippen LogP contribution < -0.4 is 20.3 Å². The van der Waals surface area contributed by atoms with Crippen LogP contribution in [-0.4, -0.2) is 49.6 Å². The summed E-state index contributed by atoms with van der Waals surface area (Å²) in [5, 5.41) is 17.7. The van der Waals surface area contributed by atoms with Crippen molar-refractivity contribution in [2.45, 2.75) is 25.8 Å². The molecule has 0 radical (unpaired) electrons. The molecule has 0 saturated carbocycles. The number of pyridine rings is 1. The van der Waals surface area contributed by atoms with Crippen molar-refractivity contribution in [3.8, 4) is 17.6 Å². The van der Waals surface area contributed by atoms with Gasteiger partial charge in [-0.25, -0.2) is 18.9 Å². The van der Waals surface area contributed by atoms with Crippen LogP contribution in [0.3, 0.4) is 0 Å². The number of aromatic carboxylic acids is 1. The van der Waals surface area contributed by atoms with Crippen LogP contribution in [0.25, 0.3) is 5.69 Å². The fraction of sp³-hybridized carbons (Fsp3) is 0.269. The molecule has 1 atom stereocenters. The maximum atomic E-state index is 14.7. The quantitative estimate of drug-likeness (QED) is 0.280. The number of hydrogen-bond donors (Lipinski definition) is 2. The molecule has 14 heteroatoms. The van der Waals surface area contributed by atoms with Gasteiger partial charge in [0.2, 0.25) is 5.88 Å². The van der Waals surface area contributed by atoms with Crippen LogP contribution in [0.4, 0.5) is 10.1 Å². The van der Waals surface area contributed by atoms with Gasteiger partial charge in [0.05, 0.1) is 42.9 Å². The zero-order chi connectivity index (χ0) is 29.3. The highest BCUT2D eigenvalue weighted by atomic mass is 35.5. The van der Waals surface area contributed by atoms with Crippen LogP contribution >= 0.6 is 23.2 Å². The van der Waals surface area contributed by atoms with E-state index in [1.807, 2.05) is 13.8 Å². The Morgan fingerprint density at radius 1 is 1.15 bits per heavy atom. The SMILES string of the molecule is COc1ncc(-n2nc(C(=O)O)c(C(Nc3cc(Cl)c(=O)n(C)c3)c3ccc(Cl)c(F)c3)c2C(C)C)c(OC)n1. The largest absolute Gasteiger partial charge is 0.479 e. The van der Waals surface area contributed by atoms with Crippen molar-refractivity contribution in [3.63, 3.8) is 0 Å². The summed E-state index contributed by atoms with van der Waals surface area (Å²) in [6.07, 6.45) is 2.89. The Balaban J connectivity index is 2.05. The average molecular weight is 591 g/mol. The second-order valence-corrected chi connectivity index (χ2v) is 9.83. The van der Waals surface area contributed by atoms with Gasteiger partial charge in [0, 0.05) is 18.8 Å². The van der Waals surface area contributed by atoms with Gasteiger partial charge in [0.1, 0.15) is 16.5 Å². The third-order valence-electron chi connectivity index (χ3n) is 6.04. The predicted octanol–water partition coefficient (Wildman–Crippen LogP) is 4.85. The van der Waals surface area contributed by atoms with Crippen molar-refractivity contribution >= 4 is 34.9 Å². The Kier molecular flexibility index (Phi) is 8.31. The van der Waals surface area contributed by atoms with Crippen LogP contribution in [0.15, 0.2) is 41.5 Å². The molecule has 210 valence electrons.